The van der Waals surface area contributed by atoms with E-state index in [-0.39, 0.29) is 0 Å². The smallest absolute Gasteiger partial charge is 0.335 e. The summed E-state index contributed by atoms with van der Waals surface area (Å²) in [7, 11) is 0. The number of rotatable bonds is 6. The number of nitrogens with zero attached hydrogens (tertiary/aromatic N) is 3. The second-order valence-electron chi connectivity index (χ2n) is 4.78. The Morgan fingerprint density at radius 1 is 1.26 bits per heavy atom. The lowest BCUT2D eigenvalue weighted by Gasteiger charge is -2.06. The van der Waals surface area contributed by atoms with Crippen molar-refractivity contribution < 1.29 is 9.90 Å². The summed E-state index contributed by atoms with van der Waals surface area (Å²) in [4.78, 5) is 12.4. The van der Waals surface area contributed by atoms with Gasteiger partial charge in [-0.3, -0.25) is 0 Å². The molecule has 6 nitrogen and oxygen atoms in total. The number of carboxylic acid groups (broad SMARTS) is 1. The van der Waals surface area contributed by atoms with E-state index in [2.05, 4.69) is 10.2 Å². The summed E-state index contributed by atoms with van der Waals surface area (Å²) >= 11 is 3.01. The Kier molecular flexibility index (Phi) is 4.63. The standard InChI is InChI=1S/C15H14N4O2S2/c16-19-13(8-11-5-3-7-22-11)17-18-15(19)23-9-10-4-1-2-6-12(10)14(20)21/h1-7H,8-9,16H2,(H,20,21). The fourth-order valence-electron chi connectivity index (χ4n) is 2.09. The molecular weight excluding hydrogens is 332 g/mol. The molecule has 0 saturated heterocycles. The number of hydrogen-bond acceptors (Lipinski definition) is 6. The molecule has 1 aromatic carbocycles. The molecule has 0 saturated carbocycles. The Morgan fingerprint density at radius 3 is 2.83 bits per heavy atom. The van der Waals surface area contributed by atoms with E-state index in [4.69, 9.17) is 5.84 Å². The van der Waals surface area contributed by atoms with Gasteiger partial charge in [0.05, 0.1) is 5.56 Å². The monoisotopic (exact) mass is 346 g/mol. The molecule has 0 amide bonds. The van der Waals surface area contributed by atoms with Crippen LogP contribution < -0.4 is 5.84 Å². The number of carboxylic acids is 1. The molecule has 0 bridgehead atoms. The van der Waals surface area contributed by atoms with Gasteiger partial charge in [0.25, 0.3) is 0 Å². The second-order valence-corrected chi connectivity index (χ2v) is 6.75. The van der Waals surface area contributed by atoms with Crippen LogP contribution in [0, 0.1) is 0 Å². The zero-order valence-corrected chi connectivity index (χ0v) is 13.7. The number of benzene rings is 1. The molecule has 3 rings (SSSR count). The molecule has 0 unspecified atom stereocenters. The number of aromatic carboxylic acids is 1. The molecule has 0 fully saturated rings. The molecule has 0 radical (unpaired) electrons. The maximum atomic E-state index is 11.2. The minimum absolute atomic E-state index is 0.293. The van der Waals surface area contributed by atoms with Gasteiger partial charge >= 0.3 is 5.97 Å². The first-order valence-electron chi connectivity index (χ1n) is 6.81. The number of nitrogens with two attached hydrogens (primary N) is 1. The lowest BCUT2D eigenvalue weighted by Crippen LogP contribution is -2.14. The zero-order chi connectivity index (χ0) is 16.2. The number of nitrogen functional groups attached to an aromatic ring is 1. The van der Waals surface area contributed by atoms with E-state index >= 15 is 0 Å². The Hall–Kier alpha value is -2.32. The Balaban J connectivity index is 1.72. The summed E-state index contributed by atoms with van der Waals surface area (Å²) in [5.74, 6) is 6.26. The molecule has 2 heterocycles. The SMILES string of the molecule is Nn1c(Cc2cccs2)nnc1SCc1ccccc1C(=O)O. The van der Waals surface area contributed by atoms with Gasteiger partial charge in [-0.2, -0.15) is 0 Å². The van der Waals surface area contributed by atoms with E-state index in [1.807, 2.05) is 23.6 Å². The predicted octanol–water partition coefficient (Wildman–Crippen LogP) is 2.63. The number of hydrogen-bond donors (Lipinski definition) is 2. The first-order valence-corrected chi connectivity index (χ1v) is 8.67. The first-order chi connectivity index (χ1) is 11.1. The molecule has 0 aliphatic rings. The molecule has 3 aromatic rings. The van der Waals surface area contributed by atoms with Gasteiger partial charge in [0, 0.05) is 17.1 Å². The van der Waals surface area contributed by atoms with Crippen molar-refractivity contribution in [3.05, 3.63) is 63.6 Å². The summed E-state index contributed by atoms with van der Waals surface area (Å²) in [5.41, 5.74) is 1.02. The Bertz CT molecular complexity index is 815. The van der Waals surface area contributed by atoms with E-state index < -0.39 is 5.97 Å². The molecule has 0 aliphatic carbocycles. The van der Waals surface area contributed by atoms with Crippen LogP contribution in [0.15, 0.2) is 46.9 Å². The second kappa shape index (κ2) is 6.84. The molecule has 0 spiro atoms. The highest BCUT2D eigenvalue weighted by Crippen LogP contribution is 2.23. The average Bonchev–Trinajstić information content (AvgIpc) is 3.17. The lowest BCUT2D eigenvalue weighted by atomic mass is 10.1. The van der Waals surface area contributed by atoms with E-state index in [0.29, 0.717) is 28.7 Å². The summed E-state index contributed by atoms with van der Waals surface area (Å²) in [5, 5.41) is 20.0. The van der Waals surface area contributed by atoms with Gasteiger partial charge in [-0.15, -0.1) is 21.5 Å². The summed E-state index contributed by atoms with van der Waals surface area (Å²) in [6, 6.07) is 10.9. The third-order valence-corrected chi connectivity index (χ3v) is 5.12. The molecular formula is C15H14N4O2S2. The molecule has 8 heteroatoms. The normalized spacial score (nSPS) is 10.8. The van der Waals surface area contributed by atoms with Crippen molar-refractivity contribution in [1.29, 1.82) is 0 Å². The van der Waals surface area contributed by atoms with Crippen LogP contribution in [-0.4, -0.2) is 25.9 Å². The van der Waals surface area contributed by atoms with Crippen LogP contribution in [0.25, 0.3) is 0 Å². The average molecular weight is 346 g/mol. The van der Waals surface area contributed by atoms with Crippen molar-refractivity contribution in [2.24, 2.45) is 0 Å². The maximum absolute atomic E-state index is 11.2. The van der Waals surface area contributed by atoms with Gasteiger partial charge < -0.3 is 10.9 Å². The minimum Gasteiger partial charge on any atom is -0.478 e. The predicted molar refractivity (Wildman–Crippen MR) is 90.3 cm³/mol. The van der Waals surface area contributed by atoms with Gasteiger partial charge in [0.15, 0.2) is 5.82 Å². The summed E-state index contributed by atoms with van der Waals surface area (Å²) in [6.07, 6.45) is 0.632. The summed E-state index contributed by atoms with van der Waals surface area (Å²) in [6.45, 7) is 0. The van der Waals surface area contributed by atoms with Crippen LogP contribution in [0.4, 0.5) is 0 Å². The van der Waals surface area contributed by atoms with Crippen molar-refractivity contribution >= 4 is 29.1 Å². The highest BCUT2D eigenvalue weighted by Gasteiger charge is 2.14. The largest absolute Gasteiger partial charge is 0.478 e. The van der Waals surface area contributed by atoms with Crippen LogP contribution in [0.5, 0.6) is 0 Å². The van der Waals surface area contributed by atoms with Gasteiger partial charge in [-0.05, 0) is 23.1 Å². The third-order valence-electron chi connectivity index (χ3n) is 3.25. The quantitative estimate of drug-likeness (QED) is 0.526. The van der Waals surface area contributed by atoms with Crippen LogP contribution in [0.2, 0.25) is 0 Å². The highest BCUT2D eigenvalue weighted by atomic mass is 32.2. The van der Waals surface area contributed by atoms with Crippen molar-refractivity contribution in [2.75, 3.05) is 5.84 Å². The molecule has 3 N–H and O–H groups in total. The molecule has 0 aliphatic heterocycles. The molecule has 0 atom stereocenters. The van der Waals surface area contributed by atoms with Crippen molar-refractivity contribution in [3.8, 4) is 0 Å². The lowest BCUT2D eigenvalue weighted by molar-refractivity contribution is 0.0696. The molecule has 118 valence electrons. The van der Waals surface area contributed by atoms with Crippen LogP contribution in [0.1, 0.15) is 26.6 Å². The van der Waals surface area contributed by atoms with E-state index in [9.17, 15) is 9.90 Å². The van der Waals surface area contributed by atoms with E-state index in [1.165, 1.54) is 16.4 Å². The fourth-order valence-corrected chi connectivity index (χ4v) is 3.67. The molecule has 2 aromatic heterocycles. The van der Waals surface area contributed by atoms with Crippen molar-refractivity contribution in [2.45, 2.75) is 17.3 Å². The topological polar surface area (TPSA) is 94.0 Å². The van der Waals surface area contributed by atoms with Crippen LogP contribution in [0.3, 0.4) is 0 Å². The number of thioether (sulfide) groups is 1. The van der Waals surface area contributed by atoms with Crippen molar-refractivity contribution in [1.82, 2.24) is 14.9 Å². The third kappa shape index (κ3) is 3.54. The fraction of sp³-hybridized carbons (Fsp3) is 0.133. The first kappa shape index (κ1) is 15.6. The van der Waals surface area contributed by atoms with E-state index in [0.717, 1.165) is 10.4 Å². The number of thiophene rings is 1. The number of aromatic nitrogens is 3. The van der Waals surface area contributed by atoms with Crippen LogP contribution >= 0.6 is 23.1 Å². The summed E-state index contributed by atoms with van der Waals surface area (Å²) < 4.78 is 1.47. The maximum Gasteiger partial charge on any atom is 0.335 e. The minimum atomic E-state index is -0.936. The highest BCUT2D eigenvalue weighted by molar-refractivity contribution is 7.98. The van der Waals surface area contributed by atoms with E-state index in [1.54, 1.807) is 29.5 Å². The van der Waals surface area contributed by atoms with Gasteiger partial charge in [-0.1, -0.05) is 36.0 Å². The Morgan fingerprint density at radius 2 is 2.09 bits per heavy atom. The zero-order valence-electron chi connectivity index (χ0n) is 12.0. The number of carbonyl (C=O) groups is 1. The van der Waals surface area contributed by atoms with Gasteiger partial charge in [0.2, 0.25) is 5.16 Å². The van der Waals surface area contributed by atoms with Crippen molar-refractivity contribution in [3.63, 3.8) is 0 Å². The Labute approximate surface area is 140 Å². The molecule has 23 heavy (non-hydrogen) atoms. The van der Waals surface area contributed by atoms with Crippen LogP contribution in [-0.2, 0) is 12.2 Å². The van der Waals surface area contributed by atoms with Gasteiger partial charge in [0.1, 0.15) is 0 Å². The van der Waals surface area contributed by atoms with Gasteiger partial charge in [-0.25, -0.2) is 9.47 Å².